The molecule has 1 aromatic rings. The van der Waals surface area contributed by atoms with Crippen molar-refractivity contribution in [3.63, 3.8) is 0 Å². The summed E-state index contributed by atoms with van der Waals surface area (Å²) in [5, 5.41) is 3.99. The van der Waals surface area contributed by atoms with Crippen molar-refractivity contribution in [3.05, 3.63) is 29.3 Å². The summed E-state index contributed by atoms with van der Waals surface area (Å²) < 4.78 is 10.2. The lowest BCUT2D eigenvalue weighted by Gasteiger charge is -2.14. The van der Waals surface area contributed by atoms with Crippen LogP contribution in [0.2, 0.25) is 0 Å². The average Bonchev–Trinajstić information content (AvgIpc) is 2.42. The highest BCUT2D eigenvalue weighted by molar-refractivity contribution is 6.31. The molecule has 1 aromatic carbocycles. The first kappa shape index (κ1) is 13.6. The van der Waals surface area contributed by atoms with Crippen molar-refractivity contribution >= 4 is 23.9 Å². The smallest absolute Gasteiger partial charge is 0.328 e. The molecule has 0 aromatic heterocycles. The SMILES string of the molecule is COc1ccc(C=C2C(=O)NC(=O)NC2=O)cc1OC. The van der Waals surface area contributed by atoms with Crippen molar-refractivity contribution < 1.29 is 23.9 Å². The van der Waals surface area contributed by atoms with E-state index in [-0.39, 0.29) is 5.57 Å². The van der Waals surface area contributed by atoms with Crippen LogP contribution in [0.5, 0.6) is 11.5 Å². The molecule has 1 aliphatic rings. The first-order valence-corrected chi connectivity index (χ1v) is 5.65. The molecule has 4 amide bonds. The van der Waals surface area contributed by atoms with Gasteiger partial charge >= 0.3 is 6.03 Å². The van der Waals surface area contributed by atoms with Crippen molar-refractivity contribution in [3.8, 4) is 11.5 Å². The van der Waals surface area contributed by atoms with Crippen LogP contribution in [0.4, 0.5) is 4.79 Å². The fraction of sp³-hybridized carbons (Fsp3) is 0.154. The van der Waals surface area contributed by atoms with Gasteiger partial charge in [-0.05, 0) is 23.8 Å². The summed E-state index contributed by atoms with van der Waals surface area (Å²) in [5.74, 6) is -0.487. The predicted molar refractivity (Wildman–Crippen MR) is 69.2 cm³/mol. The molecule has 1 saturated heterocycles. The molecule has 0 aliphatic carbocycles. The molecule has 0 saturated carbocycles. The Hall–Kier alpha value is -2.83. The van der Waals surface area contributed by atoms with Gasteiger partial charge in [-0.1, -0.05) is 6.07 Å². The van der Waals surface area contributed by atoms with Gasteiger partial charge in [-0.25, -0.2) is 4.79 Å². The third-order valence-corrected chi connectivity index (χ3v) is 2.66. The number of rotatable bonds is 3. The van der Waals surface area contributed by atoms with Crippen LogP contribution < -0.4 is 20.1 Å². The van der Waals surface area contributed by atoms with E-state index in [2.05, 4.69) is 0 Å². The number of amides is 4. The van der Waals surface area contributed by atoms with Crippen molar-refractivity contribution in [2.24, 2.45) is 0 Å². The molecule has 0 bridgehead atoms. The Kier molecular flexibility index (Phi) is 3.69. The Balaban J connectivity index is 2.37. The summed E-state index contributed by atoms with van der Waals surface area (Å²) in [6.45, 7) is 0. The van der Waals surface area contributed by atoms with E-state index in [0.29, 0.717) is 17.1 Å². The van der Waals surface area contributed by atoms with Crippen LogP contribution in [0.25, 0.3) is 6.08 Å². The molecule has 2 N–H and O–H groups in total. The van der Waals surface area contributed by atoms with Gasteiger partial charge in [0.15, 0.2) is 11.5 Å². The highest BCUT2D eigenvalue weighted by atomic mass is 16.5. The van der Waals surface area contributed by atoms with E-state index in [0.717, 1.165) is 0 Å². The van der Waals surface area contributed by atoms with Gasteiger partial charge in [0.05, 0.1) is 14.2 Å². The highest BCUT2D eigenvalue weighted by Gasteiger charge is 2.27. The van der Waals surface area contributed by atoms with Crippen molar-refractivity contribution in [1.82, 2.24) is 10.6 Å². The minimum absolute atomic E-state index is 0.156. The number of benzene rings is 1. The Morgan fingerprint density at radius 1 is 0.950 bits per heavy atom. The number of hydrogen-bond acceptors (Lipinski definition) is 5. The van der Waals surface area contributed by atoms with E-state index in [1.807, 2.05) is 10.6 Å². The number of imide groups is 2. The number of nitrogens with one attached hydrogen (secondary N) is 2. The second kappa shape index (κ2) is 5.43. The largest absolute Gasteiger partial charge is 0.493 e. The van der Waals surface area contributed by atoms with E-state index in [9.17, 15) is 14.4 Å². The van der Waals surface area contributed by atoms with Crippen LogP contribution in [0.15, 0.2) is 23.8 Å². The highest BCUT2D eigenvalue weighted by Crippen LogP contribution is 2.28. The number of carbonyl (C=O) groups is 3. The lowest BCUT2D eigenvalue weighted by Crippen LogP contribution is -2.51. The number of ether oxygens (including phenoxy) is 2. The van der Waals surface area contributed by atoms with Gasteiger partial charge in [0.1, 0.15) is 5.57 Å². The maximum atomic E-state index is 11.6. The average molecular weight is 276 g/mol. The number of barbiturate groups is 1. The summed E-state index contributed by atoms with van der Waals surface area (Å²) in [5.41, 5.74) is 0.411. The summed E-state index contributed by atoms with van der Waals surface area (Å²) in [6.07, 6.45) is 1.36. The number of methoxy groups -OCH3 is 2. The first-order valence-electron chi connectivity index (χ1n) is 5.65. The molecule has 2 rings (SSSR count). The standard InChI is InChI=1S/C13H12N2O5/c1-19-9-4-3-7(6-10(9)20-2)5-8-11(16)14-13(18)15-12(8)17/h3-6H,1-2H3,(H2,14,15,16,17,18). The summed E-state index contributed by atoms with van der Waals surface area (Å²) in [4.78, 5) is 34.1. The fourth-order valence-electron chi connectivity index (χ4n) is 1.72. The zero-order valence-electron chi connectivity index (χ0n) is 10.9. The normalized spacial score (nSPS) is 14.5. The molecule has 104 valence electrons. The zero-order valence-corrected chi connectivity index (χ0v) is 10.9. The maximum Gasteiger partial charge on any atom is 0.328 e. The Labute approximate surface area is 114 Å². The van der Waals surface area contributed by atoms with Crippen molar-refractivity contribution in [1.29, 1.82) is 0 Å². The van der Waals surface area contributed by atoms with Gasteiger partial charge in [0.25, 0.3) is 11.8 Å². The second-order valence-electron chi connectivity index (χ2n) is 3.91. The van der Waals surface area contributed by atoms with E-state index < -0.39 is 17.8 Å². The van der Waals surface area contributed by atoms with Crippen LogP contribution in [-0.4, -0.2) is 32.1 Å². The molecule has 1 fully saturated rings. The van der Waals surface area contributed by atoms with Crippen LogP contribution in [0, 0.1) is 0 Å². The van der Waals surface area contributed by atoms with Gasteiger partial charge in [-0.2, -0.15) is 0 Å². The molecule has 1 aliphatic heterocycles. The van der Waals surface area contributed by atoms with Crippen LogP contribution >= 0.6 is 0 Å². The van der Waals surface area contributed by atoms with Gasteiger partial charge < -0.3 is 9.47 Å². The Morgan fingerprint density at radius 2 is 1.55 bits per heavy atom. The van der Waals surface area contributed by atoms with Gasteiger partial charge in [-0.3, -0.25) is 20.2 Å². The molecule has 7 nitrogen and oxygen atoms in total. The molecule has 0 spiro atoms. The predicted octanol–water partition coefficient (Wildman–Crippen LogP) is 0.453. The lowest BCUT2D eigenvalue weighted by atomic mass is 10.1. The quantitative estimate of drug-likeness (QED) is 0.617. The molecular weight excluding hydrogens is 264 g/mol. The van der Waals surface area contributed by atoms with E-state index >= 15 is 0 Å². The molecule has 20 heavy (non-hydrogen) atoms. The maximum absolute atomic E-state index is 11.6. The molecule has 0 atom stereocenters. The summed E-state index contributed by atoms with van der Waals surface area (Å²) >= 11 is 0. The fourth-order valence-corrected chi connectivity index (χ4v) is 1.72. The summed E-state index contributed by atoms with van der Waals surface area (Å²) in [6, 6.07) is 4.09. The van der Waals surface area contributed by atoms with Gasteiger partial charge in [0, 0.05) is 0 Å². The van der Waals surface area contributed by atoms with Crippen LogP contribution in [0.3, 0.4) is 0 Å². The monoisotopic (exact) mass is 276 g/mol. The first-order chi connectivity index (χ1) is 9.55. The van der Waals surface area contributed by atoms with Crippen molar-refractivity contribution in [2.75, 3.05) is 14.2 Å². The van der Waals surface area contributed by atoms with Crippen LogP contribution in [0.1, 0.15) is 5.56 Å². The molecule has 0 radical (unpaired) electrons. The van der Waals surface area contributed by atoms with Crippen LogP contribution in [-0.2, 0) is 9.59 Å². The van der Waals surface area contributed by atoms with E-state index in [1.54, 1.807) is 18.2 Å². The number of carbonyl (C=O) groups excluding carboxylic acids is 3. The Morgan fingerprint density at radius 3 is 2.10 bits per heavy atom. The van der Waals surface area contributed by atoms with E-state index in [1.165, 1.54) is 20.3 Å². The Bertz CT molecular complexity index is 599. The van der Waals surface area contributed by atoms with E-state index in [4.69, 9.17) is 9.47 Å². The second-order valence-corrected chi connectivity index (χ2v) is 3.91. The van der Waals surface area contributed by atoms with Gasteiger partial charge in [0.2, 0.25) is 0 Å². The lowest BCUT2D eigenvalue weighted by molar-refractivity contribution is -0.123. The van der Waals surface area contributed by atoms with Crippen molar-refractivity contribution in [2.45, 2.75) is 0 Å². The minimum Gasteiger partial charge on any atom is -0.493 e. The zero-order chi connectivity index (χ0) is 14.7. The molecule has 1 heterocycles. The van der Waals surface area contributed by atoms with Gasteiger partial charge in [-0.15, -0.1) is 0 Å². The summed E-state index contributed by atoms with van der Waals surface area (Å²) in [7, 11) is 2.98. The number of urea groups is 1. The topological polar surface area (TPSA) is 93.7 Å². The number of hydrogen-bond donors (Lipinski definition) is 2. The third-order valence-electron chi connectivity index (χ3n) is 2.66. The minimum atomic E-state index is -0.829. The third kappa shape index (κ3) is 2.61. The molecular formula is C13H12N2O5. The molecule has 7 heteroatoms. The molecule has 0 unspecified atom stereocenters.